The third-order valence-corrected chi connectivity index (χ3v) is 4.42. The summed E-state index contributed by atoms with van der Waals surface area (Å²) < 4.78 is 39.1. The molecule has 0 saturated carbocycles. The zero-order valence-corrected chi connectivity index (χ0v) is 15.1. The number of halogens is 3. The van der Waals surface area contributed by atoms with E-state index < -0.39 is 11.7 Å². The van der Waals surface area contributed by atoms with Crippen molar-refractivity contribution >= 4 is 16.8 Å². The zero-order valence-electron chi connectivity index (χ0n) is 15.1. The Balaban J connectivity index is 1.60. The van der Waals surface area contributed by atoms with Crippen LogP contribution in [0.3, 0.4) is 0 Å². The molecule has 1 N–H and O–H groups in total. The second-order valence-electron chi connectivity index (χ2n) is 6.38. The normalized spacial score (nSPS) is 11.6. The quantitative estimate of drug-likeness (QED) is 0.729. The number of amides is 1. The Morgan fingerprint density at radius 3 is 2.46 bits per heavy atom. The Bertz CT molecular complexity index is 1060. The first-order valence-corrected chi connectivity index (χ1v) is 8.63. The standard InChI is InChI=1S/C20H18F3N3O2/c1-26-17(25-16-5-3-2-4-15(16)19(26)28)10-11-18(27)24-12-13-6-8-14(9-7-13)20(21,22)23/h2-9H,10-12H2,1H3,(H,24,27). The van der Waals surface area contributed by atoms with E-state index in [-0.39, 0.29) is 30.9 Å². The molecule has 0 spiro atoms. The van der Waals surface area contributed by atoms with Crippen molar-refractivity contribution in [1.29, 1.82) is 0 Å². The molecule has 0 aliphatic rings. The van der Waals surface area contributed by atoms with Crippen LogP contribution < -0.4 is 10.9 Å². The summed E-state index contributed by atoms with van der Waals surface area (Å²) in [5, 5.41) is 3.18. The summed E-state index contributed by atoms with van der Waals surface area (Å²) >= 11 is 0. The molecule has 0 saturated heterocycles. The lowest BCUT2D eigenvalue weighted by Gasteiger charge is -2.10. The molecule has 0 unspecified atom stereocenters. The van der Waals surface area contributed by atoms with Crippen LogP contribution >= 0.6 is 0 Å². The van der Waals surface area contributed by atoms with Gasteiger partial charge in [0.2, 0.25) is 5.91 Å². The van der Waals surface area contributed by atoms with Crippen molar-refractivity contribution in [1.82, 2.24) is 14.9 Å². The SMILES string of the molecule is Cn1c(CCC(=O)NCc2ccc(C(F)(F)F)cc2)nc2ccccc2c1=O. The van der Waals surface area contributed by atoms with Crippen molar-refractivity contribution < 1.29 is 18.0 Å². The molecule has 1 heterocycles. The minimum Gasteiger partial charge on any atom is -0.352 e. The highest BCUT2D eigenvalue weighted by Gasteiger charge is 2.29. The number of aryl methyl sites for hydroxylation is 1. The van der Waals surface area contributed by atoms with Crippen molar-refractivity contribution in [3.63, 3.8) is 0 Å². The van der Waals surface area contributed by atoms with E-state index in [4.69, 9.17) is 0 Å². The number of rotatable bonds is 5. The lowest BCUT2D eigenvalue weighted by atomic mass is 10.1. The molecule has 1 aromatic heterocycles. The summed E-state index contributed by atoms with van der Waals surface area (Å²) in [5.41, 5.74) is 0.236. The lowest BCUT2D eigenvalue weighted by Crippen LogP contribution is -2.26. The topological polar surface area (TPSA) is 64.0 Å². The predicted octanol–water partition coefficient (Wildman–Crippen LogP) is 3.20. The first-order valence-electron chi connectivity index (χ1n) is 8.63. The Hall–Kier alpha value is -3.16. The number of benzene rings is 2. The van der Waals surface area contributed by atoms with E-state index in [0.717, 1.165) is 12.1 Å². The van der Waals surface area contributed by atoms with E-state index in [2.05, 4.69) is 10.3 Å². The van der Waals surface area contributed by atoms with Crippen molar-refractivity contribution in [2.45, 2.75) is 25.6 Å². The van der Waals surface area contributed by atoms with Crippen molar-refractivity contribution in [2.24, 2.45) is 7.05 Å². The van der Waals surface area contributed by atoms with Crippen molar-refractivity contribution in [3.05, 3.63) is 75.8 Å². The van der Waals surface area contributed by atoms with E-state index >= 15 is 0 Å². The number of aromatic nitrogens is 2. The fraction of sp³-hybridized carbons (Fsp3) is 0.250. The molecule has 8 heteroatoms. The molecule has 3 rings (SSSR count). The number of hydrogen-bond donors (Lipinski definition) is 1. The molecular weight excluding hydrogens is 371 g/mol. The van der Waals surface area contributed by atoms with Gasteiger partial charge in [0.25, 0.3) is 5.56 Å². The van der Waals surface area contributed by atoms with Gasteiger partial charge in [-0.3, -0.25) is 14.2 Å². The van der Waals surface area contributed by atoms with Gasteiger partial charge in [0.05, 0.1) is 16.5 Å². The van der Waals surface area contributed by atoms with Gasteiger partial charge >= 0.3 is 6.18 Å². The molecule has 28 heavy (non-hydrogen) atoms. The largest absolute Gasteiger partial charge is 0.416 e. The van der Waals surface area contributed by atoms with Gasteiger partial charge in [-0.15, -0.1) is 0 Å². The summed E-state index contributed by atoms with van der Waals surface area (Å²) in [6.07, 6.45) is -4.00. The molecule has 0 fully saturated rings. The molecule has 0 atom stereocenters. The van der Waals surface area contributed by atoms with Crippen molar-refractivity contribution in [3.8, 4) is 0 Å². The highest BCUT2D eigenvalue weighted by atomic mass is 19.4. The smallest absolute Gasteiger partial charge is 0.352 e. The fourth-order valence-electron chi connectivity index (χ4n) is 2.81. The summed E-state index contributed by atoms with van der Waals surface area (Å²) in [7, 11) is 1.61. The van der Waals surface area contributed by atoms with Gasteiger partial charge in [-0.2, -0.15) is 13.2 Å². The number of nitrogens with zero attached hydrogens (tertiary/aromatic N) is 2. The van der Waals surface area contributed by atoms with Gasteiger partial charge in [-0.1, -0.05) is 24.3 Å². The van der Waals surface area contributed by atoms with Crippen LogP contribution in [0.1, 0.15) is 23.4 Å². The van der Waals surface area contributed by atoms with Crippen LogP contribution in [0.5, 0.6) is 0 Å². The molecule has 146 valence electrons. The number of fused-ring (bicyclic) bond motifs is 1. The third-order valence-electron chi connectivity index (χ3n) is 4.42. The number of hydrogen-bond acceptors (Lipinski definition) is 3. The van der Waals surface area contributed by atoms with Crippen LogP contribution in [0.25, 0.3) is 10.9 Å². The second-order valence-corrected chi connectivity index (χ2v) is 6.38. The highest BCUT2D eigenvalue weighted by Crippen LogP contribution is 2.29. The zero-order chi connectivity index (χ0) is 20.3. The van der Waals surface area contributed by atoms with E-state index in [1.807, 2.05) is 0 Å². The summed E-state index contributed by atoms with van der Waals surface area (Å²) in [5.74, 6) is 0.218. The van der Waals surface area contributed by atoms with E-state index in [9.17, 15) is 22.8 Å². The number of carbonyl (C=O) groups excluding carboxylic acids is 1. The van der Waals surface area contributed by atoms with E-state index in [1.165, 1.54) is 16.7 Å². The summed E-state index contributed by atoms with van der Waals surface area (Å²) in [6.45, 7) is 0.126. The fourth-order valence-corrected chi connectivity index (χ4v) is 2.81. The summed E-state index contributed by atoms with van der Waals surface area (Å²) in [4.78, 5) is 28.8. The van der Waals surface area contributed by atoms with Gasteiger partial charge in [0.15, 0.2) is 0 Å². The molecule has 0 aliphatic carbocycles. The molecular formula is C20H18F3N3O2. The molecule has 0 radical (unpaired) electrons. The average Bonchev–Trinajstić information content (AvgIpc) is 2.67. The van der Waals surface area contributed by atoms with Crippen molar-refractivity contribution in [2.75, 3.05) is 0 Å². The summed E-state index contributed by atoms with van der Waals surface area (Å²) in [6, 6.07) is 11.6. The third kappa shape index (κ3) is 4.39. The molecule has 3 aromatic rings. The van der Waals surface area contributed by atoms with Gasteiger partial charge in [0, 0.05) is 26.4 Å². The van der Waals surface area contributed by atoms with E-state index in [1.54, 1.807) is 31.3 Å². The van der Waals surface area contributed by atoms with Gasteiger partial charge in [-0.25, -0.2) is 4.98 Å². The molecule has 0 aliphatic heterocycles. The Morgan fingerprint density at radius 2 is 1.79 bits per heavy atom. The Labute approximate surface area is 158 Å². The Kier molecular flexibility index (Phi) is 5.48. The predicted molar refractivity (Wildman–Crippen MR) is 98.6 cm³/mol. The maximum absolute atomic E-state index is 12.6. The van der Waals surface area contributed by atoms with Crippen LogP contribution in [-0.2, 0) is 31.0 Å². The lowest BCUT2D eigenvalue weighted by molar-refractivity contribution is -0.137. The molecule has 0 bridgehead atoms. The van der Waals surface area contributed by atoms with Gasteiger partial charge in [0.1, 0.15) is 5.82 Å². The molecule has 5 nitrogen and oxygen atoms in total. The van der Waals surface area contributed by atoms with Gasteiger partial charge in [-0.05, 0) is 29.8 Å². The van der Waals surface area contributed by atoms with Crippen LogP contribution in [0.2, 0.25) is 0 Å². The maximum atomic E-state index is 12.6. The van der Waals surface area contributed by atoms with Crippen LogP contribution in [0.15, 0.2) is 53.3 Å². The second kappa shape index (κ2) is 7.84. The minimum atomic E-state index is -4.38. The number of alkyl halides is 3. The monoisotopic (exact) mass is 389 g/mol. The number of para-hydroxylation sites is 1. The average molecular weight is 389 g/mol. The molecule has 2 aromatic carbocycles. The van der Waals surface area contributed by atoms with Crippen LogP contribution in [-0.4, -0.2) is 15.5 Å². The molecule has 1 amide bonds. The minimum absolute atomic E-state index is 0.110. The Morgan fingerprint density at radius 1 is 1.11 bits per heavy atom. The van der Waals surface area contributed by atoms with Crippen LogP contribution in [0, 0.1) is 0 Å². The maximum Gasteiger partial charge on any atom is 0.416 e. The number of carbonyl (C=O) groups is 1. The number of nitrogens with one attached hydrogen (secondary N) is 1. The highest BCUT2D eigenvalue weighted by molar-refractivity contribution is 5.78. The first-order chi connectivity index (χ1) is 13.3. The first kappa shape index (κ1) is 19.6. The van der Waals surface area contributed by atoms with E-state index in [0.29, 0.717) is 22.3 Å². The van der Waals surface area contributed by atoms with Gasteiger partial charge < -0.3 is 5.32 Å². The van der Waals surface area contributed by atoms with Crippen LogP contribution in [0.4, 0.5) is 13.2 Å².